The number of carbonyl (C=O) groups excluding carboxylic acids is 3. The third-order valence-electron chi connectivity index (χ3n) is 2.31. The van der Waals surface area contributed by atoms with Crippen molar-refractivity contribution in [3.05, 3.63) is 25.0 Å². The molecule has 1 spiro atoms. The number of amides is 3. The molecule has 0 bridgehead atoms. The molecular formula is C8H8N2O3Y-2. The van der Waals surface area contributed by atoms with Crippen LogP contribution in [0, 0.1) is 12.8 Å². The number of imide groups is 1. The number of hydrogen-bond acceptors (Lipinski definition) is 3. The van der Waals surface area contributed by atoms with Gasteiger partial charge in [0.1, 0.15) is 0 Å². The number of β-lactam (4-membered cyclic amide) rings is 3. The van der Waals surface area contributed by atoms with Crippen LogP contribution in [0.15, 0.2) is 12.3 Å². The van der Waals surface area contributed by atoms with Gasteiger partial charge in [0.2, 0.25) is 0 Å². The van der Waals surface area contributed by atoms with E-state index in [4.69, 9.17) is 0 Å². The van der Waals surface area contributed by atoms with Crippen LogP contribution in [-0.4, -0.2) is 29.7 Å². The van der Waals surface area contributed by atoms with Crippen LogP contribution in [0.25, 0.3) is 5.32 Å². The van der Waals surface area contributed by atoms with Crippen molar-refractivity contribution < 1.29 is 47.1 Å². The zero-order chi connectivity index (χ0) is 9.09. The molecule has 2 fully saturated rings. The van der Waals surface area contributed by atoms with Crippen molar-refractivity contribution in [2.45, 2.75) is 0 Å². The van der Waals surface area contributed by atoms with E-state index in [1.807, 2.05) is 0 Å². The quantitative estimate of drug-likeness (QED) is 0.349. The van der Waals surface area contributed by atoms with Crippen molar-refractivity contribution in [1.29, 1.82) is 0 Å². The summed E-state index contributed by atoms with van der Waals surface area (Å²) in [5.74, 6) is -1.88. The smallest absolute Gasteiger partial charge is 0.250 e. The molecule has 0 aromatic heterocycles. The average Bonchev–Trinajstić information content (AvgIpc) is 2.04. The second-order valence-electron chi connectivity index (χ2n) is 2.78. The number of hydrogen-bond donors (Lipinski definition) is 0. The van der Waals surface area contributed by atoms with Gasteiger partial charge in [0, 0.05) is 45.5 Å². The molecule has 0 aromatic carbocycles. The fourth-order valence-corrected chi connectivity index (χ4v) is 1.42. The van der Waals surface area contributed by atoms with Gasteiger partial charge in [-0.15, -0.1) is 0 Å². The van der Waals surface area contributed by atoms with E-state index in [-0.39, 0.29) is 45.8 Å². The first-order valence-corrected chi connectivity index (χ1v) is 3.31. The number of rotatable bonds is 0. The van der Waals surface area contributed by atoms with Crippen molar-refractivity contribution in [2.75, 3.05) is 7.05 Å². The van der Waals surface area contributed by atoms with Crippen molar-refractivity contribution in [1.82, 2.24) is 4.90 Å². The Morgan fingerprint density at radius 2 is 1.71 bits per heavy atom. The standard InChI is InChI=1S/C7H6N2O3.CH3.Y/c1-3-7(6(12)9(3)2)4(10)8-5(7)11;;/h1H2,2H3,(H,8,10,11);1H3;/q;-1;/p-1. The van der Waals surface area contributed by atoms with Crippen LogP contribution in [-0.2, 0) is 47.1 Å². The van der Waals surface area contributed by atoms with Gasteiger partial charge < -0.3 is 27.2 Å². The Balaban J connectivity index is 0.000000845. The molecule has 73 valence electrons. The Hall–Kier alpha value is -0.546. The molecule has 2 heterocycles. The van der Waals surface area contributed by atoms with Gasteiger partial charge in [-0.25, -0.2) is 0 Å². The molecule has 2 saturated heterocycles. The molecule has 2 rings (SSSR count). The van der Waals surface area contributed by atoms with Crippen LogP contribution in [0.3, 0.4) is 0 Å². The third kappa shape index (κ3) is 0.996. The molecule has 0 aliphatic carbocycles. The Morgan fingerprint density at radius 1 is 1.29 bits per heavy atom. The predicted molar refractivity (Wildman–Crippen MR) is 44.1 cm³/mol. The SMILES string of the molecule is C=C1N(C)C(=O)C12C(=O)[N-]C2=O.[CH3-].[Y]. The topological polar surface area (TPSA) is 68.6 Å². The zero-order valence-electron chi connectivity index (χ0n) is 7.90. The first-order valence-electron chi connectivity index (χ1n) is 3.31. The summed E-state index contributed by atoms with van der Waals surface area (Å²) >= 11 is 0. The van der Waals surface area contributed by atoms with E-state index >= 15 is 0 Å². The van der Waals surface area contributed by atoms with Crippen molar-refractivity contribution in [2.24, 2.45) is 5.41 Å². The van der Waals surface area contributed by atoms with E-state index in [9.17, 15) is 14.4 Å². The summed E-state index contributed by atoms with van der Waals surface area (Å²) in [6.45, 7) is 3.47. The average molecular weight is 269 g/mol. The van der Waals surface area contributed by atoms with Crippen LogP contribution in [0.2, 0.25) is 0 Å². The summed E-state index contributed by atoms with van der Waals surface area (Å²) in [5, 5.41) is 3.05. The molecule has 0 saturated carbocycles. The minimum Gasteiger partial charge on any atom is -0.593 e. The minimum atomic E-state index is -1.60. The molecule has 6 heteroatoms. The summed E-state index contributed by atoms with van der Waals surface area (Å²) in [5.41, 5.74) is -1.37. The van der Waals surface area contributed by atoms with E-state index in [1.54, 1.807) is 0 Å². The van der Waals surface area contributed by atoms with Crippen LogP contribution >= 0.6 is 0 Å². The van der Waals surface area contributed by atoms with E-state index in [2.05, 4.69) is 11.9 Å². The Labute approximate surface area is 107 Å². The van der Waals surface area contributed by atoms with Gasteiger partial charge in [0.25, 0.3) is 5.91 Å². The summed E-state index contributed by atoms with van der Waals surface area (Å²) in [6, 6.07) is 0. The number of nitrogens with zero attached hydrogens (tertiary/aromatic N) is 2. The second kappa shape index (κ2) is 3.55. The van der Waals surface area contributed by atoms with Gasteiger partial charge in [-0.2, -0.15) is 0 Å². The number of likely N-dealkylation sites (tertiary alicyclic amines) is 1. The Bertz CT molecular complexity index is 318. The van der Waals surface area contributed by atoms with Crippen LogP contribution in [0.4, 0.5) is 0 Å². The van der Waals surface area contributed by atoms with E-state index < -0.39 is 23.1 Å². The molecule has 14 heavy (non-hydrogen) atoms. The fourth-order valence-electron chi connectivity index (χ4n) is 1.42. The molecule has 0 unspecified atom stereocenters. The van der Waals surface area contributed by atoms with Gasteiger partial charge in [-0.3, -0.25) is 4.79 Å². The maximum Gasteiger partial charge on any atom is 0.250 e. The molecule has 2 aliphatic heterocycles. The van der Waals surface area contributed by atoms with E-state index in [0.717, 1.165) is 0 Å². The van der Waals surface area contributed by atoms with Crippen LogP contribution < -0.4 is 0 Å². The van der Waals surface area contributed by atoms with Gasteiger partial charge >= 0.3 is 0 Å². The third-order valence-corrected chi connectivity index (χ3v) is 2.31. The maximum atomic E-state index is 11.2. The fraction of sp³-hybridized carbons (Fsp3) is 0.250. The maximum absolute atomic E-state index is 11.2. The normalized spacial score (nSPS) is 21.6. The number of carbonyl (C=O) groups is 3. The summed E-state index contributed by atoms with van der Waals surface area (Å²) in [4.78, 5) is 34.2. The zero-order valence-corrected chi connectivity index (χ0v) is 10.7. The molecule has 0 N–H and O–H groups in total. The van der Waals surface area contributed by atoms with Gasteiger partial charge in [0.15, 0.2) is 5.41 Å². The molecule has 5 nitrogen and oxygen atoms in total. The predicted octanol–water partition coefficient (Wildman–Crippen LogP) is -0.153. The van der Waals surface area contributed by atoms with Gasteiger partial charge in [0.05, 0.1) is 11.8 Å². The molecule has 2 aliphatic rings. The largest absolute Gasteiger partial charge is 0.593 e. The molecule has 1 radical (unpaired) electrons. The van der Waals surface area contributed by atoms with Gasteiger partial charge in [-0.1, -0.05) is 6.58 Å². The monoisotopic (exact) mass is 269 g/mol. The van der Waals surface area contributed by atoms with E-state index in [0.29, 0.717) is 0 Å². The van der Waals surface area contributed by atoms with E-state index in [1.165, 1.54) is 11.9 Å². The van der Waals surface area contributed by atoms with Crippen LogP contribution in [0.5, 0.6) is 0 Å². The summed E-state index contributed by atoms with van der Waals surface area (Å²) in [6.07, 6.45) is 0. The van der Waals surface area contributed by atoms with Gasteiger partial charge in [-0.05, 0) is 0 Å². The summed E-state index contributed by atoms with van der Waals surface area (Å²) < 4.78 is 0. The van der Waals surface area contributed by atoms with Crippen molar-refractivity contribution in [3.63, 3.8) is 0 Å². The molecular weight excluding hydrogens is 261 g/mol. The molecule has 3 amide bonds. The van der Waals surface area contributed by atoms with Crippen molar-refractivity contribution >= 4 is 17.7 Å². The Morgan fingerprint density at radius 3 is 1.93 bits per heavy atom. The first-order chi connectivity index (χ1) is 5.52. The molecule has 0 aromatic rings. The molecule has 0 atom stereocenters. The minimum absolute atomic E-state index is 0. The first kappa shape index (κ1) is 13.5. The van der Waals surface area contributed by atoms with Crippen LogP contribution in [0.1, 0.15) is 0 Å². The second-order valence-corrected chi connectivity index (χ2v) is 2.78. The van der Waals surface area contributed by atoms with Crippen molar-refractivity contribution in [3.8, 4) is 0 Å². The Kier molecular flexibility index (Phi) is 3.41. The summed E-state index contributed by atoms with van der Waals surface area (Å²) in [7, 11) is 1.47.